The van der Waals surface area contributed by atoms with E-state index < -0.39 is 17.9 Å². The van der Waals surface area contributed by atoms with E-state index in [2.05, 4.69) is 5.32 Å². The van der Waals surface area contributed by atoms with Crippen molar-refractivity contribution in [2.45, 2.75) is 12.5 Å². The SMILES string of the molecule is O=C(/C=C/c1ccc(Cl)s1)NC(CCO)C(=O)O. The summed E-state index contributed by atoms with van der Waals surface area (Å²) in [6.45, 7) is -0.304. The van der Waals surface area contributed by atoms with Gasteiger partial charge in [-0.05, 0) is 18.2 Å². The molecule has 7 heteroatoms. The molecule has 0 spiro atoms. The normalized spacial score (nSPS) is 12.6. The number of rotatable bonds is 6. The highest BCUT2D eigenvalue weighted by Gasteiger charge is 2.17. The lowest BCUT2D eigenvalue weighted by atomic mass is 10.2. The molecule has 1 amide bonds. The van der Waals surface area contributed by atoms with Crippen LogP contribution in [0, 0.1) is 0 Å². The number of thiophene rings is 1. The van der Waals surface area contributed by atoms with Gasteiger partial charge in [-0.2, -0.15) is 0 Å². The fraction of sp³-hybridized carbons (Fsp3) is 0.273. The van der Waals surface area contributed by atoms with Crippen molar-refractivity contribution in [3.8, 4) is 0 Å². The van der Waals surface area contributed by atoms with Crippen molar-refractivity contribution in [1.29, 1.82) is 0 Å². The second-order valence-corrected chi connectivity index (χ2v) is 5.13. The van der Waals surface area contributed by atoms with E-state index in [-0.39, 0.29) is 13.0 Å². The van der Waals surface area contributed by atoms with Gasteiger partial charge in [0.25, 0.3) is 0 Å². The van der Waals surface area contributed by atoms with Gasteiger partial charge in [-0.25, -0.2) is 4.79 Å². The average molecular weight is 290 g/mol. The van der Waals surface area contributed by atoms with E-state index in [4.69, 9.17) is 21.8 Å². The lowest BCUT2D eigenvalue weighted by Gasteiger charge is -2.10. The minimum absolute atomic E-state index is 0.0280. The number of carbonyl (C=O) groups is 2. The molecule has 1 rings (SSSR count). The van der Waals surface area contributed by atoms with Crippen molar-refractivity contribution in [2.24, 2.45) is 0 Å². The number of hydrogen-bond acceptors (Lipinski definition) is 4. The van der Waals surface area contributed by atoms with Crippen LogP contribution in [0.1, 0.15) is 11.3 Å². The molecule has 0 saturated carbocycles. The predicted molar refractivity (Wildman–Crippen MR) is 69.6 cm³/mol. The number of halogens is 1. The van der Waals surface area contributed by atoms with Gasteiger partial charge in [0.15, 0.2) is 0 Å². The standard InChI is InChI=1S/C11H12ClNO4S/c12-9-3-1-7(18-9)2-4-10(15)13-8(5-6-14)11(16)17/h1-4,8,14H,5-6H2,(H,13,15)(H,16,17)/b4-2+. The molecule has 5 nitrogen and oxygen atoms in total. The monoisotopic (exact) mass is 289 g/mol. The second-order valence-electron chi connectivity index (χ2n) is 3.39. The maximum Gasteiger partial charge on any atom is 0.326 e. The quantitative estimate of drug-likeness (QED) is 0.690. The summed E-state index contributed by atoms with van der Waals surface area (Å²) >= 11 is 7.03. The minimum atomic E-state index is -1.18. The number of amides is 1. The van der Waals surface area contributed by atoms with E-state index >= 15 is 0 Å². The summed E-state index contributed by atoms with van der Waals surface area (Å²) in [5, 5.41) is 19.7. The Hall–Kier alpha value is -1.37. The molecule has 1 unspecified atom stereocenters. The van der Waals surface area contributed by atoms with Crippen LogP contribution in [0.15, 0.2) is 18.2 Å². The van der Waals surface area contributed by atoms with E-state index in [9.17, 15) is 9.59 Å². The second kappa shape index (κ2) is 7.15. The molecule has 1 atom stereocenters. The number of nitrogens with one attached hydrogen (secondary N) is 1. The molecule has 18 heavy (non-hydrogen) atoms. The van der Waals surface area contributed by atoms with Crippen LogP contribution in [-0.4, -0.2) is 34.7 Å². The summed E-state index contributed by atoms with van der Waals surface area (Å²) in [5.74, 6) is -1.70. The van der Waals surface area contributed by atoms with Gasteiger partial charge < -0.3 is 15.5 Å². The van der Waals surface area contributed by atoms with Gasteiger partial charge >= 0.3 is 5.97 Å². The van der Waals surface area contributed by atoms with Crippen LogP contribution >= 0.6 is 22.9 Å². The molecule has 0 aliphatic carbocycles. The van der Waals surface area contributed by atoms with Gasteiger partial charge in [0.2, 0.25) is 5.91 Å². The van der Waals surface area contributed by atoms with Gasteiger partial charge in [-0.15, -0.1) is 11.3 Å². The largest absolute Gasteiger partial charge is 0.480 e. The maximum atomic E-state index is 11.4. The van der Waals surface area contributed by atoms with Crippen molar-refractivity contribution in [3.63, 3.8) is 0 Å². The van der Waals surface area contributed by atoms with Crippen molar-refractivity contribution in [3.05, 3.63) is 27.4 Å². The van der Waals surface area contributed by atoms with Gasteiger partial charge in [-0.3, -0.25) is 4.79 Å². The molecule has 1 heterocycles. The fourth-order valence-electron chi connectivity index (χ4n) is 1.18. The Kier molecular flexibility index (Phi) is 5.84. The summed E-state index contributed by atoms with van der Waals surface area (Å²) in [4.78, 5) is 23.0. The Morgan fingerprint density at radius 1 is 1.50 bits per heavy atom. The fourth-order valence-corrected chi connectivity index (χ4v) is 2.15. The number of hydrogen-bond donors (Lipinski definition) is 3. The van der Waals surface area contributed by atoms with Crippen molar-refractivity contribution in [1.82, 2.24) is 5.32 Å². The Balaban J connectivity index is 2.54. The highest BCUT2D eigenvalue weighted by Crippen LogP contribution is 2.22. The zero-order chi connectivity index (χ0) is 13.5. The molecule has 0 aliphatic heterocycles. The minimum Gasteiger partial charge on any atom is -0.480 e. The Morgan fingerprint density at radius 3 is 2.72 bits per heavy atom. The predicted octanol–water partition coefficient (Wildman–Crippen LogP) is 1.37. The van der Waals surface area contributed by atoms with E-state index in [1.54, 1.807) is 18.2 Å². The molecule has 1 aromatic rings. The van der Waals surface area contributed by atoms with E-state index in [1.165, 1.54) is 17.4 Å². The molecule has 0 bridgehead atoms. The molecule has 0 fully saturated rings. The number of carboxylic acids is 1. The first-order valence-electron chi connectivity index (χ1n) is 5.10. The number of aliphatic hydroxyl groups excluding tert-OH is 1. The molecule has 3 N–H and O–H groups in total. The van der Waals surface area contributed by atoms with Gasteiger partial charge in [0, 0.05) is 24.0 Å². The van der Waals surface area contributed by atoms with Crippen LogP contribution in [0.2, 0.25) is 4.34 Å². The Morgan fingerprint density at radius 2 is 2.22 bits per heavy atom. The number of carboxylic acid groups (broad SMARTS) is 1. The molecular weight excluding hydrogens is 278 g/mol. The van der Waals surface area contributed by atoms with Gasteiger partial charge in [0.1, 0.15) is 6.04 Å². The van der Waals surface area contributed by atoms with Crippen LogP contribution in [0.25, 0.3) is 6.08 Å². The first kappa shape index (κ1) is 14.7. The summed E-state index contributed by atoms with van der Waals surface area (Å²) in [6.07, 6.45) is 2.75. The average Bonchev–Trinajstić information content (AvgIpc) is 2.72. The zero-order valence-electron chi connectivity index (χ0n) is 9.30. The third-order valence-electron chi connectivity index (χ3n) is 2.03. The van der Waals surface area contributed by atoms with E-state index in [0.29, 0.717) is 4.34 Å². The van der Waals surface area contributed by atoms with Gasteiger partial charge in [0.05, 0.1) is 4.34 Å². The maximum absolute atomic E-state index is 11.4. The van der Waals surface area contributed by atoms with Gasteiger partial charge in [-0.1, -0.05) is 11.6 Å². The van der Waals surface area contributed by atoms with Crippen molar-refractivity contribution < 1.29 is 19.8 Å². The smallest absolute Gasteiger partial charge is 0.326 e. The topological polar surface area (TPSA) is 86.6 Å². The third-order valence-corrected chi connectivity index (χ3v) is 3.22. The molecule has 0 aliphatic rings. The lowest BCUT2D eigenvalue weighted by Crippen LogP contribution is -2.40. The summed E-state index contributed by atoms with van der Waals surface area (Å²) < 4.78 is 0.610. The third kappa shape index (κ3) is 4.87. The highest BCUT2D eigenvalue weighted by atomic mass is 35.5. The first-order chi connectivity index (χ1) is 8.52. The molecule has 0 aromatic carbocycles. The van der Waals surface area contributed by atoms with E-state index in [1.807, 2.05) is 0 Å². The molecule has 0 radical (unpaired) electrons. The lowest BCUT2D eigenvalue weighted by molar-refractivity contribution is -0.141. The summed E-state index contributed by atoms with van der Waals surface area (Å²) in [7, 11) is 0. The van der Waals surface area contributed by atoms with Crippen molar-refractivity contribution in [2.75, 3.05) is 6.61 Å². The van der Waals surface area contributed by atoms with Crippen LogP contribution in [0.4, 0.5) is 0 Å². The van der Waals surface area contributed by atoms with Crippen LogP contribution in [-0.2, 0) is 9.59 Å². The molecule has 1 aromatic heterocycles. The molecule has 0 saturated heterocycles. The zero-order valence-corrected chi connectivity index (χ0v) is 10.9. The Bertz CT molecular complexity index is 458. The summed E-state index contributed by atoms with van der Waals surface area (Å²) in [5.41, 5.74) is 0. The molecular formula is C11H12ClNO4S. The number of aliphatic hydroxyl groups is 1. The number of aliphatic carboxylic acids is 1. The summed E-state index contributed by atoms with van der Waals surface area (Å²) in [6, 6.07) is 2.37. The van der Waals surface area contributed by atoms with Crippen LogP contribution in [0.3, 0.4) is 0 Å². The Labute approximate surface area is 113 Å². The van der Waals surface area contributed by atoms with E-state index in [0.717, 1.165) is 4.88 Å². The van der Waals surface area contributed by atoms with Crippen molar-refractivity contribution >= 4 is 40.9 Å². The highest BCUT2D eigenvalue weighted by molar-refractivity contribution is 7.17. The van der Waals surface area contributed by atoms with Crippen LogP contribution < -0.4 is 5.32 Å². The first-order valence-corrected chi connectivity index (χ1v) is 6.30. The van der Waals surface area contributed by atoms with Crippen LogP contribution in [0.5, 0.6) is 0 Å². The molecule has 98 valence electrons. The number of carbonyl (C=O) groups excluding carboxylic acids is 1.